The van der Waals surface area contributed by atoms with Gasteiger partial charge in [0, 0.05) is 19.1 Å². The lowest BCUT2D eigenvalue weighted by Gasteiger charge is -2.44. The topological polar surface area (TPSA) is 47.7 Å². The SMILES string of the molecule is CC(C)(C)OC[C@H](CCN)N1CC(Oc2ccc(F)cc2)C1. The van der Waals surface area contributed by atoms with Crippen molar-refractivity contribution < 1.29 is 13.9 Å². The van der Waals surface area contributed by atoms with Crippen LogP contribution in [-0.2, 0) is 4.74 Å². The lowest BCUT2D eigenvalue weighted by atomic mass is 10.0. The summed E-state index contributed by atoms with van der Waals surface area (Å²) in [6, 6.07) is 6.49. The highest BCUT2D eigenvalue weighted by Gasteiger charge is 2.34. The molecule has 0 spiro atoms. The monoisotopic (exact) mass is 310 g/mol. The van der Waals surface area contributed by atoms with Gasteiger partial charge in [-0.1, -0.05) is 0 Å². The van der Waals surface area contributed by atoms with Crippen LogP contribution in [0.25, 0.3) is 0 Å². The number of halogens is 1. The number of hydrogen-bond donors (Lipinski definition) is 1. The Morgan fingerprint density at radius 2 is 1.91 bits per heavy atom. The number of nitrogens with zero attached hydrogens (tertiary/aromatic N) is 1. The summed E-state index contributed by atoms with van der Waals surface area (Å²) in [6.45, 7) is 9.22. The molecule has 1 aromatic rings. The Morgan fingerprint density at radius 3 is 2.45 bits per heavy atom. The Morgan fingerprint density at radius 1 is 1.27 bits per heavy atom. The van der Waals surface area contributed by atoms with Gasteiger partial charge in [-0.25, -0.2) is 4.39 Å². The minimum Gasteiger partial charge on any atom is -0.488 e. The van der Waals surface area contributed by atoms with Crippen LogP contribution in [0.15, 0.2) is 24.3 Å². The number of hydrogen-bond acceptors (Lipinski definition) is 4. The van der Waals surface area contributed by atoms with Crippen molar-refractivity contribution in [1.82, 2.24) is 4.90 Å². The van der Waals surface area contributed by atoms with Crippen LogP contribution in [0, 0.1) is 5.82 Å². The van der Waals surface area contributed by atoms with E-state index >= 15 is 0 Å². The molecule has 0 aliphatic carbocycles. The molecule has 5 heteroatoms. The highest BCUT2D eigenvalue weighted by molar-refractivity contribution is 5.22. The van der Waals surface area contributed by atoms with Gasteiger partial charge in [0.25, 0.3) is 0 Å². The summed E-state index contributed by atoms with van der Waals surface area (Å²) in [5.41, 5.74) is 5.57. The van der Waals surface area contributed by atoms with Crippen molar-refractivity contribution in [1.29, 1.82) is 0 Å². The standard InChI is InChI=1S/C17H27FN2O2/c1-17(2,3)21-12-14(8-9-19)20-10-16(11-20)22-15-6-4-13(18)5-7-15/h4-7,14,16H,8-12,19H2,1-3H3/t14-/m0/s1. The predicted octanol–water partition coefficient (Wildman–Crippen LogP) is 2.42. The van der Waals surface area contributed by atoms with E-state index in [0.717, 1.165) is 19.5 Å². The van der Waals surface area contributed by atoms with Crippen LogP contribution in [0.4, 0.5) is 4.39 Å². The average molecular weight is 310 g/mol. The zero-order valence-electron chi connectivity index (χ0n) is 13.7. The third-order valence-electron chi connectivity index (χ3n) is 3.72. The van der Waals surface area contributed by atoms with Crippen molar-refractivity contribution in [2.24, 2.45) is 5.73 Å². The fourth-order valence-electron chi connectivity index (χ4n) is 2.46. The van der Waals surface area contributed by atoms with Crippen molar-refractivity contribution >= 4 is 0 Å². The maximum atomic E-state index is 12.9. The molecule has 1 aliphatic rings. The number of ether oxygens (including phenoxy) is 2. The predicted molar refractivity (Wildman–Crippen MR) is 85.6 cm³/mol. The number of benzene rings is 1. The van der Waals surface area contributed by atoms with E-state index in [9.17, 15) is 4.39 Å². The van der Waals surface area contributed by atoms with E-state index in [2.05, 4.69) is 25.7 Å². The van der Waals surface area contributed by atoms with Crippen LogP contribution in [0.1, 0.15) is 27.2 Å². The molecule has 0 bridgehead atoms. The lowest BCUT2D eigenvalue weighted by Crippen LogP contribution is -2.59. The van der Waals surface area contributed by atoms with E-state index in [1.807, 2.05) is 0 Å². The molecule has 1 heterocycles. The largest absolute Gasteiger partial charge is 0.488 e. The van der Waals surface area contributed by atoms with E-state index in [1.54, 1.807) is 12.1 Å². The van der Waals surface area contributed by atoms with Crippen molar-refractivity contribution in [2.45, 2.75) is 44.9 Å². The van der Waals surface area contributed by atoms with Gasteiger partial charge in [0.1, 0.15) is 17.7 Å². The van der Waals surface area contributed by atoms with Gasteiger partial charge < -0.3 is 15.2 Å². The van der Waals surface area contributed by atoms with Gasteiger partial charge in [-0.05, 0) is 58.0 Å². The van der Waals surface area contributed by atoms with Crippen molar-refractivity contribution in [3.63, 3.8) is 0 Å². The van der Waals surface area contributed by atoms with E-state index in [-0.39, 0.29) is 17.5 Å². The molecule has 1 fully saturated rings. The summed E-state index contributed by atoms with van der Waals surface area (Å²) < 4.78 is 24.6. The van der Waals surface area contributed by atoms with E-state index in [1.165, 1.54) is 12.1 Å². The first kappa shape index (κ1) is 17.2. The van der Waals surface area contributed by atoms with E-state index < -0.39 is 0 Å². The fraction of sp³-hybridized carbons (Fsp3) is 0.647. The summed E-state index contributed by atoms with van der Waals surface area (Å²) in [5, 5.41) is 0. The molecule has 1 atom stereocenters. The maximum Gasteiger partial charge on any atom is 0.124 e. The molecule has 4 nitrogen and oxygen atoms in total. The second-order valence-corrected chi connectivity index (χ2v) is 6.80. The summed E-state index contributed by atoms with van der Waals surface area (Å²) in [4.78, 5) is 2.34. The van der Waals surface area contributed by atoms with E-state index in [4.69, 9.17) is 15.2 Å². The summed E-state index contributed by atoms with van der Waals surface area (Å²) >= 11 is 0. The molecule has 1 aliphatic heterocycles. The molecule has 0 unspecified atom stereocenters. The quantitative estimate of drug-likeness (QED) is 0.840. The first-order valence-corrected chi connectivity index (χ1v) is 7.87. The second-order valence-electron chi connectivity index (χ2n) is 6.80. The molecule has 0 amide bonds. The van der Waals surface area contributed by atoms with Gasteiger partial charge in [0.15, 0.2) is 0 Å². The smallest absolute Gasteiger partial charge is 0.124 e. The van der Waals surface area contributed by atoms with Crippen LogP contribution in [-0.4, -0.2) is 48.9 Å². The molecule has 0 radical (unpaired) electrons. The molecule has 2 N–H and O–H groups in total. The minimum absolute atomic E-state index is 0.137. The number of rotatable bonds is 7. The molecular weight excluding hydrogens is 283 g/mol. The minimum atomic E-state index is -0.245. The Bertz CT molecular complexity index is 453. The molecule has 2 rings (SSSR count). The van der Waals surface area contributed by atoms with Gasteiger partial charge in [-0.3, -0.25) is 4.90 Å². The second kappa shape index (κ2) is 7.40. The van der Waals surface area contributed by atoms with Crippen molar-refractivity contribution in [2.75, 3.05) is 26.2 Å². The van der Waals surface area contributed by atoms with Gasteiger partial charge in [-0.15, -0.1) is 0 Å². The molecule has 22 heavy (non-hydrogen) atoms. The highest BCUT2D eigenvalue weighted by atomic mass is 19.1. The third kappa shape index (κ3) is 5.23. The van der Waals surface area contributed by atoms with Crippen LogP contribution < -0.4 is 10.5 Å². The van der Waals surface area contributed by atoms with Gasteiger partial charge in [-0.2, -0.15) is 0 Å². The lowest BCUT2D eigenvalue weighted by molar-refractivity contribution is -0.0733. The molecule has 1 aromatic carbocycles. The highest BCUT2D eigenvalue weighted by Crippen LogP contribution is 2.22. The van der Waals surface area contributed by atoms with Gasteiger partial charge >= 0.3 is 0 Å². The van der Waals surface area contributed by atoms with Crippen molar-refractivity contribution in [3.8, 4) is 5.75 Å². The first-order valence-electron chi connectivity index (χ1n) is 7.87. The molecule has 124 valence electrons. The van der Waals surface area contributed by atoms with E-state index in [0.29, 0.717) is 24.9 Å². The molecular formula is C17H27FN2O2. The Labute approximate surface area is 132 Å². The average Bonchev–Trinajstić information content (AvgIpc) is 2.40. The van der Waals surface area contributed by atoms with Crippen LogP contribution in [0.2, 0.25) is 0 Å². The Kier molecular flexibility index (Phi) is 5.78. The third-order valence-corrected chi connectivity index (χ3v) is 3.72. The maximum absolute atomic E-state index is 12.9. The summed E-state index contributed by atoms with van der Waals surface area (Å²) in [6.07, 6.45) is 1.07. The molecule has 1 saturated heterocycles. The zero-order valence-corrected chi connectivity index (χ0v) is 13.7. The summed E-state index contributed by atoms with van der Waals surface area (Å²) in [5.74, 6) is 0.470. The number of nitrogens with two attached hydrogens (primary N) is 1. The first-order chi connectivity index (χ1) is 10.4. The number of likely N-dealkylation sites (tertiary alicyclic amines) is 1. The normalized spacial score (nSPS) is 18.0. The Hall–Kier alpha value is -1.17. The van der Waals surface area contributed by atoms with Crippen LogP contribution in [0.3, 0.4) is 0 Å². The van der Waals surface area contributed by atoms with Crippen molar-refractivity contribution in [3.05, 3.63) is 30.1 Å². The summed E-state index contributed by atoms with van der Waals surface area (Å²) in [7, 11) is 0. The van der Waals surface area contributed by atoms with Gasteiger partial charge in [0.05, 0.1) is 12.2 Å². The van der Waals surface area contributed by atoms with Crippen LogP contribution >= 0.6 is 0 Å². The fourth-order valence-corrected chi connectivity index (χ4v) is 2.46. The van der Waals surface area contributed by atoms with Gasteiger partial charge in [0.2, 0.25) is 0 Å². The molecule has 0 saturated carbocycles. The Balaban J connectivity index is 1.78. The molecule has 0 aromatic heterocycles. The van der Waals surface area contributed by atoms with Crippen LogP contribution in [0.5, 0.6) is 5.75 Å². The zero-order chi connectivity index (χ0) is 16.2.